The molecule has 0 amide bonds. The normalized spacial score (nSPS) is 11.0. The maximum atomic E-state index is 13.4. The molecule has 0 saturated carbocycles. The van der Waals surface area contributed by atoms with Crippen LogP contribution < -0.4 is 0 Å². The Hall–Kier alpha value is -4.18. The molecule has 3 aromatic heterocycles. The third-order valence-electron chi connectivity index (χ3n) is 4.77. The highest BCUT2D eigenvalue weighted by Crippen LogP contribution is 2.28. The minimum Gasteiger partial charge on any atom is -0.461 e. The number of ether oxygens (including phenoxy) is 1. The van der Waals surface area contributed by atoms with Crippen LogP contribution in [0.25, 0.3) is 28.6 Å². The van der Waals surface area contributed by atoms with Gasteiger partial charge in [-0.3, -0.25) is 9.36 Å². The third-order valence-corrected chi connectivity index (χ3v) is 5.68. The molecule has 8 nitrogen and oxygen atoms in total. The van der Waals surface area contributed by atoms with Crippen LogP contribution in [0.3, 0.4) is 0 Å². The van der Waals surface area contributed by atoms with Crippen molar-refractivity contribution in [1.82, 2.24) is 19.9 Å². The maximum absolute atomic E-state index is 13.4. The van der Waals surface area contributed by atoms with E-state index in [4.69, 9.17) is 13.7 Å². The van der Waals surface area contributed by atoms with Gasteiger partial charge in [0.25, 0.3) is 0 Å². The van der Waals surface area contributed by atoms with Gasteiger partial charge >= 0.3 is 5.97 Å². The first kappa shape index (κ1) is 21.7. The zero-order valence-corrected chi connectivity index (χ0v) is 18.4. The van der Waals surface area contributed by atoms with Gasteiger partial charge in [-0.05, 0) is 48.5 Å². The molecular formula is C24H17FN4O4S. The van der Waals surface area contributed by atoms with Crippen LogP contribution in [0, 0.1) is 5.82 Å². The number of hydrogen-bond donors (Lipinski definition) is 0. The standard InChI is InChI=1S/C24H17FN4O4S/c25-17-10-8-16(9-11-17)23-26-27-24(29(23)19-5-2-1-3-6-19)34-15-22(30)32-14-18-13-21(33-28-18)20-7-4-12-31-20/h1-13H,14-15H2. The smallest absolute Gasteiger partial charge is 0.316 e. The van der Waals surface area contributed by atoms with Crippen LogP contribution in [0.2, 0.25) is 0 Å². The monoisotopic (exact) mass is 476 g/mol. The van der Waals surface area contributed by atoms with E-state index in [-0.39, 0.29) is 18.2 Å². The number of para-hydroxylation sites is 1. The van der Waals surface area contributed by atoms with Crippen molar-refractivity contribution < 1.29 is 22.9 Å². The number of esters is 1. The second kappa shape index (κ2) is 9.75. The molecular weight excluding hydrogens is 459 g/mol. The van der Waals surface area contributed by atoms with Crippen molar-refractivity contribution in [2.24, 2.45) is 0 Å². The Morgan fingerprint density at radius 2 is 1.82 bits per heavy atom. The number of furan rings is 1. The molecule has 0 aliphatic heterocycles. The first-order valence-electron chi connectivity index (χ1n) is 10.2. The van der Waals surface area contributed by atoms with Gasteiger partial charge in [0.1, 0.15) is 18.1 Å². The lowest BCUT2D eigenvalue weighted by Crippen LogP contribution is -2.08. The fourth-order valence-corrected chi connectivity index (χ4v) is 3.94. The number of benzene rings is 2. The summed E-state index contributed by atoms with van der Waals surface area (Å²) in [6, 6.07) is 20.6. The summed E-state index contributed by atoms with van der Waals surface area (Å²) in [5.41, 5.74) is 1.98. The minimum absolute atomic E-state index is 0.0112. The van der Waals surface area contributed by atoms with Gasteiger partial charge < -0.3 is 13.7 Å². The number of hydrogen-bond acceptors (Lipinski definition) is 8. The largest absolute Gasteiger partial charge is 0.461 e. The molecule has 5 aromatic rings. The fraction of sp³-hybridized carbons (Fsp3) is 0.0833. The van der Waals surface area contributed by atoms with E-state index in [1.54, 1.807) is 30.3 Å². The number of nitrogens with zero attached hydrogens (tertiary/aromatic N) is 4. The van der Waals surface area contributed by atoms with Gasteiger partial charge in [0.15, 0.2) is 16.7 Å². The minimum atomic E-state index is -0.446. The highest BCUT2D eigenvalue weighted by molar-refractivity contribution is 7.99. The molecule has 0 radical (unpaired) electrons. The van der Waals surface area contributed by atoms with Crippen LogP contribution in [0.4, 0.5) is 4.39 Å². The molecule has 3 heterocycles. The molecule has 0 saturated heterocycles. The van der Waals surface area contributed by atoms with E-state index in [1.807, 2.05) is 34.9 Å². The van der Waals surface area contributed by atoms with Gasteiger partial charge in [-0.15, -0.1) is 10.2 Å². The van der Waals surface area contributed by atoms with E-state index < -0.39 is 5.97 Å². The molecule has 0 aliphatic rings. The highest BCUT2D eigenvalue weighted by atomic mass is 32.2. The summed E-state index contributed by atoms with van der Waals surface area (Å²) in [5, 5.41) is 12.9. The summed E-state index contributed by atoms with van der Waals surface area (Å²) < 4.78 is 31.0. The molecule has 0 N–H and O–H groups in total. The van der Waals surface area contributed by atoms with Crippen molar-refractivity contribution in [1.29, 1.82) is 0 Å². The van der Waals surface area contributed by atoms with Gasteiger partial charge in [-0.1, -0.05) is 35.1 Å². The predicted octanol–water partition coefficient (Wildman–Crippen LogP) is 5.16. The second-order valence-electron chi connectivity index (χ2n) is 7.09. The van der Waals surface area contributed by atoms with Crippen LogP contribution in [-0.4, -0.2) is 31.6 Å². The molecule has 5 rings (SSSR count). The first-order chi connectivity index (χ1) is 16.7. The van der Waals surface area contributed by atoms with Crippen molar-refractivity contribution in [2.45, 2.75) is 11.8 Å². The topological polar surface area (TPSA) is 96.2 Å². The number of carbonyl (C=O) groups excluding carboxylic acids is 1. The fourth-order valence-electron chi connectivity index (χ4n) is 3.19. The lowest BCUT2D eigenvalue weighted by atomic mass is 10.2. The summed E-state index contributed by atoms with van der Waals surface area (Å²) in [6.45, 7) is -0.0319. The van der Waals surface area contributed by atoms with Gasteiger partial charge in [0, 0.05) is 17.3 Å². The van der Waals surface area contributed by atoms with Crippen molar-refractivity contribution in [3.8, 4) is 28.6 Å². The average molecular weight is 476 g/mol. The molecule has 0 spiro atoms. The van der Waals surface area contributed by atoms with E-state index in [1.165, 1.54) is 30.2 Å². The van der Waals surface area contributed by atoms with E-state index >= 15 is 0 Å². The summed E-state index contributed by atoms with van der Waals surface area (Å²) in [5.74, 6) is 0.758. The first-order valence-corrected chi connectivity index (χ1v) is 11.2. The second-order valence-corrected chi connectivity index (χ2v) is 8.04. The van der Waals surface area contributed by atoms with Gasteiger partial charge in [0.2, 0.25) is 5.76 Å². The summed E-state index contributed by atoms with van der Waals surface area (Å²) in [4.78, 5) is 12.4. The molecule has 10 heteroatoms. The van der Waals surface area contributed by atoms with Crippen molar-refractivity contribution in [3.63, 3.8) is 0 Å². The zero-order valence-electron chi connectivity index (χ0n) is 17.6. The average Bonchev–Trinajstić information content (AvgIpc) is 3.63. The van der Waals surface area contributed by atoms with Gasteiger partial charge in [-0.25, -0.2) is 4.39 Å². The number of rotatable bonds is 8. The van der Waals surface area contributed by atoms with Crippen LogP contribution in [0.1, 0.15) is 5.69 Å². The highest BCUT2D eigenvalue weighted by Gasteiger charge is 2.18. The summed E-state index contributed by atoms with van der Waals surface area (Å²) in [7, 11) is 0. The van der Waals surface area contributed by atoms with Crippen LogP contribution in [-0.2, 0) is 16.1 Å². The molecule has 34 heavy (non-hydrogen) atoms. The van der Waals surface area contributed by atoms with Crippen molar-refractivity contribution in [2.75, 3.05) is 5.75 Å². The number of carbonyl (C=O) groups is 1. The van der Waals surface area contributed by atoms with Crippen molar-refractivity contribution in [3.05, 3.63) is 90.6 Å². The van der Waals surface area contributed by atoms with E-state index in [9.17, 15) is 9.18 Å². The lowest BCUT2D eigenvalue weighted by molar-refractivity contribution is -0.141. The van der Waals surface area contributed by atoms with Crippen LogP contribution >= 0.6 is 11.8 Å². The molecule has 0 bridgehead atoms. The Bertz CT molecular complexity index is 1380. The quantitative estimate of drug-likeness (QED) is 0.224. The van der Waals surface area contributed by atoms with Gasteiger partial charge in [-0.2, -0.15) is 0 Å². The zero-order chi connectivity index (χ0) is 23.3. The summed E-state index contributed by atoms with van der Waals surface area (Å²) in [6.07, 6.45) is 1.53. The number of thioether (sulfide) groups is 1. The van der Waals surface area contributed by atoms with E-state index in [2.05, 4.69) is 15.4 Å². The number of aromatic nitrogens is 4. The van der Waals surface area contributed by atoms with E-state index in [0.29, 0.717) is 33.8 Å². The van der Waals surface area contributed by atoms with E-state index in [0.717, 1.165) is 5.69 Å². The summed E-state index contributed by atoms with van der Waals surface area (Å²) >= 11 is 1.19. The van der Waals surface area contributed by atoms with Crippen molar-refractivity contribution >= 4 is 17.7 Å². The molecule has 0 fully saturated rings. The SMILES string of the molecule is O=C(CSc1nnc(-c2ccc(F)cc2)n1-c1ccccc1)OCc1cc(-c2ccco2)on1. The Morgan fingerprint density at radius 1 is 1.00 bits per heavy atom. The number of halogens is 1. The third kappa shape index (κ3) is 4.76. The molecule has 0 atom stereocenters. The lowest BCUT2D eigenvalue weighted by Gasteiger charge is -2.10. The molecule has 0 unspecified atom stereocenters. The Labute approximate surface area is 197 Å². The Morgan fingerprint density at radius 3 is 2.59 bits per heavy atom. The maximum Gasteiger partial charge on any atom is 0.316 e. The predicted molar refractivity (Wildman–Crippen MR) is 121 cm³/mol. The Balaban J connectivity index is 1.28. The molecule has 2 aromatic carbocycles. The molecule has 0 aliphatic carbocycles. The van der Waals surface area contributed by atoms with Crippen LogP contribution in [0.15, 0.2) is 93.2 Å². The van der Waals surface area contributed by atoms with Crippen LogP contribution in [0.5, 0.6) is 0 Å². The molecule has 170 valence electrons. The Kier molecular flexibility index (Phi) is 6.21. The van der Waals surface area contributed by atoms with Gasteiger partial charge in [0.05, 0.1) is 12.0 Å².